The summed E-state index contributed by atoms with van der Waals surface area (Å²) in [6, 6.07) is 4.15. The fourth-order valence-corrected chi connectivity index (χ4v) is 2.07. The van der Waals surface area contributed by atoms with E-state index in [1.165, 1.54) is 16.5 Å². The van der Waals surface area contributed by atoms with Gasteiger partial charge in [-0.25, -0.2) is 0 Å². The molecule has 1 aromatic heterocycles. The fourth-order valence-electron chi connectivity index (χ4n) is 1.63. The average molecular weight is 239 g/mol. The SMILES string of the molecule is Cc1ccc(Br)c2[nH]cc(CN)c12. The molecule has 0 spiro atoms. The van der Waals surface area contributed by atoms with Gasteiger partial charge in [0.05, 0.1) is 5.52 Å². The van der Waals surface area contributed by atoms with Gasteiger partial charge >= 0.3 is 0 Å². The van der Waals surface area contributed by atoms with Crippen molar-refractivity contribution in [2.45, 2.75) is 13.5 Å². The molecule has 0 radical (unpaired) electrons. The predicted molar refractivity (Wildman–Crippen MR) is 58.6 cm³/mol. The van der Waals surface area contributed by atoms with E-state index >= 15 is 0 Å². The van der Waals surface area contributed by atoms with Gasteiger partial charge in [0.2, 0.25) is 0 Å². The molecule has 2 nitrogen and oxygen atoms in total. The van der Waals surface area contributed by atoms with Gasteiger partial charge in [-0.1, -0.05) is 6.07 Å². The number of hydrogen-bond donors (Lipinski definition) is 2. The van der Waals surface area contributed by atoms with Crippen molar-refractivity contribution in [3.8, 4) is 0 Å². The Balaban J connectivity index is 2.87. The first-order chi connectivity index (χ1) is 6.24. The summed E-state index contributed by atoms with van der Waals surface area (Å²) in [7, 11) is 0. The first kappa shape index (κ1) is 8.78. The molecule has 2 aromatic rings. The second-order valence-electron chi connectivity index (χ2n) is 3.13. The van der Waals surface area contributed by atoms with Gasteiger partial charge in [-0.05, 0) is 40.0 Å². The summed E-state index contributed by atoms with van der Waals surface area (Å²) in [6.45, 7) is 2.68. The normalized spacial score (nSPS) is 11.0. The quantitative estimate of drug-likeness (QED) is 0.789. The second kappa shape index (κ2) is 3.16. The molecule has 0 saturated carbocycles. The maximum absolute atomic E-state index is 5.64. The third kappa shape index (κ3) is 1.28. The minimum Gasteiger partial charge on any atom is -0.360 e. The van der Waals surface area contributed by atoms with E-state index in [0.29, 0.717) is 6.54 Å². The lowest BCUT2D eigenvalue weighted by Gasteiger charge is -2.00. The number of aromatic amines is 1. The van der Waals surface area contributed by atoms with Gasteiger partial charge in [-0.2, -0.15) is 0 Å². The van der Waals surface area contributed by atoms with E-state index in [0.717, 1.165) is 9.99 Å². The Morgan fingerprint density at radius 2 is 2.23 bits per heavy atom. The molecular weight excluding hydrogens is 228 g/mol. The smallest absolute Gasteiger partial charge is 0.0604 e. The minimum atomic E-state index is 0.581. The molecule has 0 amide bonds. The Labute approximate surface area is 85.3 Å². The summed E-state index contributed by atoms with van der Waals surface area (Å²) >= 11 is 3.50. The monoisotopic (exact) mass is 238 g/mol. The summed E-state index contributed by atoms with van der Waals surface area (Å²) in [5.41, 5.74) is 9.22. The second-order valence-corrected chi connectivity index (χ2v) is 3.99. The van der Waals surface area contributed by atoms with Crippen molar-refractivity contribution in [3.63, 3.8) is 0 Å². The van der Waals surface area contributed by atoms with Gasteiger partial charge in [0.15, 0.2) is 0 Å². The molecule has 0 aliphatic heterocycles. The third-order valence-corrected chi connectivity index (χ3v) is 2.96. The highest BCUT2D eigenvalue weighted by Crippen LogP contribution is 2.28. The van der Waals surface area contributed by atoms with E-state index in [4.69, 9.17) is 5.73 Å². The van der Waals surface area contributed by atoms with Crippen LogP contribution in [-0.4, -0.2) is 4.98 Å². The molecule has 0 aliphatic rings. The first-order valence-corrected chi connectivity index (χ1v) is 4.98. The molecule has 0 saturated heterocycles. The molecular formula is C10H11BrN2. The van der Waals surface area contributed by atoms with Crippen molar-refractivity contribution in [2.24, 2.45) is 5.73 Å². The van der Waals surface area contributed by atoms with Crippen molar-refractivity contribution in [3.05, 3.63) is 33.9 Å². The van der Waals surface area contributed by atoms with E-state index in [1.54, 1.807) is 0 Å². The van der Waals surface area contributed by atoms with Crippen LogP contribution in [0.15, 0.2) is 22.8 Å². The van der Waals surface area contributed by atoms with Gasteiger partial charge in [0.25, 0.3) is 0 Å². The Hall–Kier alpha value is -0.800. The maximum atomic E-state index is 5.64. The summed E-state index contributed by atoms with van der Waals surface area (Å²) in [6.07, 6.45) is 1.97. The van der Waals surface area contributed by atoms with E-state index < -0.39 is 0 Å². The summed E-state index contributed by atoms with van der Waals surface area (Å²) in [4.78, 5) is 3.22. The van der Waals surface area contributed by atoms with Crippen LogP contribution in [0.3, 0.4) is 0 Å². The molecule has 0 atom stereocenters. The average Bonchev–Trinajstić information content (AvgIpc) is 2.56. The lowest BCUT2D eigenvalue weighted by atomic mass is 10.1. The standard InChI is InChI=1S/C10H11BrN2/c1-6-2-3-8(11)10-9(6)7(4-12)5-13-10/h2-3,5,13H,4,12H2,1H3. The summed E-state index contributed by atoms with van der Waals surface area (Å²) < 4.78 is 1.09. The molecule has 13 heavy (non-hydrogen) atoms. The zero-order valence-corrected chi connectivity index (χ0v) is 8.98. The number of aryl methyl sites for hydroxylation is 1. The number of hydrogen-bond acceptors (Lipinski definition) is 1. The highest BCUT2D eigenvalue weighted by atomic mass is 79.9. The van der Waals surface area contributed by atoms with Crippen LogP contribution in [0.1, 0.15) is 11.1 Å². The Morgan fingerprint density at radius 1 is 1.46 bits per heavy atom. The van der Waals surface area contributed by atoms with Crippen LogP contribution in [0.25, 0.3) is 10.9 Å². The maximum Gasteiger partial charge on any atom is 0.0604 e. The number of benzene rings is 1. The minimum absolute atomic E-state index is 0.581. The van der Waals surface area contributed by atoms with Gasteiger partial charge in [-0.3, -0.25) is 0 Å². The van der Waals surface area contributed by atoms with Crippen LogP contribution >= 0.6 is 15.9 Å². The summed E-state index contributed by atoms with van der Waals surface area (Å²) in [5.74, 6) is 0. The van der Waals surface area contributed by atoms with E-state index in [9.17, 15) is 0 Å². The lowest BCUT2D eigenvalue weighted by Crippen LogP contribution is -1.94. The zero-order chi connectivity index (χ0) is 9.42. The molecule has 0 bridgehead atoms. The van der Waals surface area contributed by atoms with E-state index in [2.05, 4.69) is 40.0 Å². The highest BCUT2D eigenvalue weighted by Gasteiger charge is 2.06. The predicted octanol–water partition coefficient (Wildman–Crippen LogP) is 2.70. The van der Waals surface area contributed by atoms with Crippen molar-refractivity contribution >= 4 is 26.8 Å². The molecule has 1 heterocycles. The van der Waals surface area contributed by atoms with Crippen LogP contribution in [0.4, 0.5) is 0 Å². The number of nitrogens with one attached hydrogen (secondary N) is 1. The van der Waals surface area contributed by atoms with Crippen LogP contribution in [0.2, 0.25) is 0 Å². The zero-order valence-electron chi connectivity index (χ0n) is 7.39. The van der Waals surface area contributed by atoms with Gasteiger partial charge in [0.1, 0.15) is 0 Å². The van der Waals surface area contributed by atoms with Crippen molar-refractivity contribution < 1.29 is 0 Å². The molecule has 0 fully saturated rings. The van der Waals surface area contributed by atoms with Gasteiger partial charge < -0.3 is 10.7 Å². The molecule has 68 valence electrons. The largest absolute Gasteiger partial charge is 0.360 e. The first-order valence-electron chi connectivity index (χ1n) is 4.19. The molecule has 3 heteroatoms. The Morgan fingerprint density at radius 3 is 2.92 bits per heavy atom. The number of halogens is 1. The van der Waals surface area contributed by atoms with Crippen molar-refractivity contribution in [2.75, 3.05) is 0 Å². The number of rotatable bonds is 1. The number of fused-ring (bicyclic) bond motifs is 1. The molecule has 1 aromatic carbocycles. The van der Waals surface area contributed by atoms with E-state index in [-0.39, 0.29) is 0 Å². The Kier molecular flexibility index (Phi) is 2.14. The van der Waals surface area contributed by atoms with Gasteiger partial charge in [0, 0.05) is 22.6 Å². The lowest BCUT2D eigenvalue weighted by molar-refractivity contribution is 1.08. The van der Waals surface area contributed by atoms with E-state index in [1.807, 2.05) is 6.20 Å². The summed E-state index contributed by atoms with van der Waals surface area (Å²) in [5, 5.41) is 1.25. The van der Waals surface area contributed by atoms with Crippen molar-refractivity contribution in [1.29, 1.82) is 0 Å². The molecule has 0 unspecified atom stereocenters. The highest BCUT2D eigenvalue weighted by molar-refractivity contribution is 9.10. The van der Waals surface area contributed by atoms with Crippen LogP contribution < -0.4 is 5.73 Å². The number of aromatic nitrogens is 1. The Bertz CT molecular complexity index is 445. The van der Waals surface area contributed by atoms with Gasteiger partial charge in [-0.15, -0.1) is 0 Å². The van der Waals surface area contributed by atoms with Crippen LogP contribution in [0.5, 0.6) is 0 Å². The van der Waals surface area contributed by atoms with Crippen molar-refractivity contribution in [1.82, 2.24) is 4.98 Å². The fraction of sp³-hybridized carbons (Fsp3) is 0.200. The molecule has 2 rings (SSSR count). The van der Waals surface area contributed by atoms with Crippen LogP contribution in [0, 0.1) is 6.92 Å². The van der Waals surface area contributed by atoms with Crippen LogP contribution in [-0.2, 0) is 6.54 Å². The number of H-pyrrole nitrogens is 1. The third-order valence-electron chi connectivity index (χ3n) is 2.29. The molecule has 3 N–H and O–H groups in total. The molecule has 0 aliphatic carbocycles. The number of nitrogens with two attached hydrogens (primary N) is 1. The topological polar surface area (TPSA) is 41.8 Å².